The molecule has 1 aliphatic rings. The van der Waals surface area contributed by atoms with Gasteiger partial charge in [-0.2, -0.15) is 0 Å². The summed E-state index contributed by atoms with van der Waals surface area (Å²) in [5.41, 5.74) is 0.218. The fourth-order valence-corrected chi connectivity index (χ4v) is 3.35. The summed E-state index contributed by atoms with van der Waals surface area (Å²) in [6, 6.07) is 3.70. The standard InChI is InChI=1S/C18H23N3O5S/c1-18(2,3)26-17(23)19-6-4-5-15(22)21-16-20-11-9-12-13(10-14(11)27-16)25-8-7-24-12/h9-10H,4-8H2,1-3H3,(H,19,23)(H,20,21,22). The molecule has 146 valence electrons. The third kappa shape index (κ3) is 5.46. The lowest BCUT2D eigenvalue weighted by Crippen LogP contribution is -2.33. The second kappa shape index (κ2) is 7.99. The summed E-state index contributed by atoms with van der Waals surface area (Å²) < 4.78 is 17.2. The minimum absolute atomic E-state index is 0.155. The first-order valence-corrected chi connectivity index (χ1v) is 9.59. The number of thiazole rings is 1. The highest BCUT2D eigenvalue weighted by Crippen LogP contribution is 2.37. The van der Waals surface area contributed by atoms with E-state index in [2.05, 4.69) is 15.6 Å². The van der Waals surface area contributed by atoms with E-state index in [1.54, 1.807) is 20.8 Å². The molecule has 0 saturated heterocycles. The fourth-order valence-electron chi connectivity index (χ4n) is 2.45. The van der Waals surface area contributed by atoms with E-state index in [0.29, 0.717) is 42.8 Å². The molecule has 8 nitrogen and oxygen atoms in total. The van der Waals surface area contributed by atoms with E-state index in [0.717, 1.165) is 10.2 Å². The van der Waals surface area contributed by atoms with Gasteiger partial charge in [-0.05, 0) is 27.2 Å². The van der Waals surface area contributed by atoms with E-state index in [9.17, 15) is 9.59 Å². The Labute approximate surface area is 161 Å². The molecule has 0 fully saturated rings. The highest BCUT2D eigenvalue weighted by Gasteiger charge is 2.17. The molecule has 0 aliphatic carbocycles. The predicted molar refractivity (Wildman–Crippen MR) is 103 cm³/mol. The maximum Gasteiger partial charge on any atom is 0.407 e. The van der Waals surface area contributed by atoms with Crippen LogP contribution in [0.2, 0.25) is 0 Å². The highest BCUT2D eigenvalue weighted by molar-refractivity contribution is 7.22. The van der Waals surface area contributed by atoms with E-state index in [1.165, 1.54) is 11.3 Å². The van der Waals surface area contributed by atoms with Gasteiger partial charge in [-0.1, -0.05) is 11.3 Å². The molecular weight excluding hydrogens is 370 g/mol. The van der Waals surface area contributed by atoms with Crippen molar-refractivity contribution < 1.29 is 23.8 Å². The van der Waals surface area contributed by atoms with Crippen LogP contribution >= 0.6 is 11.3 Å². The van der Waals surface area contributed by atoms with Gasteiger partial charge in [0, 0.05) is 25.1 Å². The number of aromatic nitrogens is 1. The third-order valence-electron chi connectivity index (χ3n) is 3.55. The molecule has 2 heterocycles. The van der Waals surface area contributed by atoms with Crippen molar-refractivity contribution in [2.24, 2.45) is 0 Å². The molecule has 0 bridgehead atoms. The van der Waals surface area contributed by atoms with Crippen molar-refractivity contribution >= 4 is 38.7 Å². The van der Waals surface area contributed by atoms with Crippen molar-refractivity contribution in [3.8, 4) is 11.5 Å². The van der Waals surface area contributed by atoms with Crippen LogP contribution in [-0.2, 0) is 9.53 Å². The molecule has 0 unspecified atom stereocenters. The number of rotatable bonds is 5. The van der Waals surface area contributed by atoms with Crippen LogP contribution in [0, 0.1) is 0 Å². The Bertz CT molecular complexity index is 800. The van der Waals surface area contributed by atoms with Crippen molar-refractivity contribution in [2.75, 3.05) is 25.1 Å². The molecule has 1 aliphatic heterocycles. The summed E-state index contributed by atoms with van der Waals surface area (Å²) in [7, 11) is 0. The Morgan fingerprint density at radius 3 is 2.63 bits per heavy atom. The van der Waals surface area contributed by atoms with Crippen LogP contribution in [0.1, 0.15) is 33.6 Å². The Balaban J connectivity index is 1.47. The van der Waals surface area contributed by atoms with Gasteiger partial charge >= 0.3 is 6.09 Å². The third-order valence-corrected chi connectivity index (χ3v) is 4.48. The molecule has 0 spiro atoms. The predicted octanol–water partition coefficient (Wildman–Crippen LogP) is 3.31. The summed E-state index contributed by atoms with van der Waals surface area (Å²) in [6.07, 6.45) is 0.294. The van der Waals surface area contributed by atoms with Crippen LogP contribution in [0.15, 0.2) is 12.1 Å². The number of benzene rings is 1. The Morgan fingerprint density at radius 1 is 1.22 bits per heavy atom. The largest absolute Gasteiger partial charge is 0.486 e. The zero-order chi connectivity index (χ0) is 19.4. The van der Waals surface area contributed by atoms with E-state index in [-0.39, 0.29) is 12.3 Å². The van der Waals surface area contributed by atoms with Crippen molar-refractivity contribution in [3.63, 3.8) is 0 Å². The quantitative estimate of drug-likeness (QED) is 0.756. The molecule has 2 amide bonds. The molecule has 0 atom stereocenters. The van der Waals surface area contributed by atoms with Gasteiger partial charge in [-0.15, -0.1) is 0 Å². The van der Waals surface area contributed by atoms with Crippen LogP contribution in [-0.4, -0.2) is 42.3 Å². The molecule has 0 radical (unpaired) electrons. The van der Waals surface area contributed by atoms with Gasteiger partial charge in [0.2, 0.25) is 5.91 Å². The number of hydrogen-bond acceptors (Lipinski definition) is 7. The smallest absolute Gasteiger partial charge is 0.407 e. The van der Waals surface area contributed by atoms with Gasteiger partial charge in [-0.3, -0.25) is 4.79 Å². The van der Waals surface area contributed by atoms with Crippen molar-refractivity contribution in [1.29, 1.82) is 0 Å². The molecule has 2 aromatic rings. The second-order valence-electron chi connectivity index (χ2n) is 7.06. The lowest BCUT2D eigenvalue weighted by molar-refractivity contribution is -0.116. The normalized spacial score (nSPS) is 13.3. The topological polar surface area (TPSA) is 98.8 Å². The maximum atomic E-state index is 12.1. The molecule has 0 saturated carbocycles. The monoisotopic (exact) mass is 393 g/mol. The summed E-state index contributed by atoms with van der Waals surface area (Å²) in [6.45, 7) is 6.80. The lowest BCUT2D eigenvalue weighted by atomic mass is 10.2. The van der Waals surface area contributed by atoms with Crippen molar-refractivity contribution in [2.45, 2.75) is 39.2 Å². The number of alkyl carbamates (subject to hydrolysis) is 1. The summed E-state index contributed by atoms with van der Waals surface area (Å²) in [5.74, 6) is 1.21. The minimum atomic E-state index is -0.538. The maximum absolute atomic E-state index is 12.1. The zero-order valence-electron chi connectivity index (χ0n) is 15.6. The Kier molecular flexibility index (Phi) is 5.69. The van der Waals surface area contributed by atoms with E-state index >= 15 is 0 Å². The first-order chi connectivity index (χ1) is 12.8. The summed E-state index contributed by atoms with van der Waals surface area (Å²) >= 11 is 1.38. The number of ether oxygens (including phenoxy) is 3. The number of nitrogens with one attached hydrogen (secondary N) is 2. The van der Waals surface area contributed by atoms with Crippen LogP contribution in [0.4, 0.5) is 9.93 Å². The first kappa shape index (κ1) is 19.2. The minimum Gasteiger partial charge on any atom is -0.486 e. The van der Waals surface area contributed by atoms with Gasteiger partial charge in [0.25, 0.3) is 0 Å². The van der Waals surface area contributed by atoms with Crippen LogP contribution in [0.25, 0.3) is 10.2 Å². The number of carbonyl (C=O) groups is 2. The van der Waals surface area contributed by atoms with Gasteiger partial charge < -0.3 is 24.8 Å². The number of carbonyl (C=O) groups excluding carboxylic acids is 2. The number of anilines is 1. The Morgan fingerprint density at radius 2 is 1.93 bits per heavy atom. The summed E-state index contributed by atoms with van der Waals surface area (Å²) in [4.78, 5) is 28.0. The van der Waals surface area contributed by atoms with Gasteiger partial charge in [0.05, 0.1) is 10.2 Å². The van der Waals surface area contributed by atoms with Gasteiger partial charge in [0.15, 0.2) is 16.6 Å². The Hall–Kier alpha value is -2.55. The number of amides is 2. The van der Waals surface area contributed by atoms with Gasteiger partial charge in [-0.25, -0.2) is 9.78 Å². The fraction of sp³-hybridized carbons (Fsp3) is 0.500. The second-order valence-corrected chi connectivity index (χ2v) is 8.09. The average molecular weight is 393 g/mol. The molecule has 1 aromatic heterocycles. The molecule has 27 heavy (non-hydrogen) atoms. The molecular formula is C18H23N3O5S. The van der Waals surface area contributed by atoms with E-state index in [4.69, 9.17) is 14.2 Å². The first-order valence-electron chi connectivity index (χ1n) is 8.77. The van der Waals surface area contributed by atoms with Crippen LogP contribution < -0.4 is 20.1 Å². The average Bonchev–Trinajstić information content (AvgIpc) is 2.95. The summed E-state index contributed by atoms with van der Waals surface area (Å²) in [5, 5.41) is 5.95. The number of fused-ring (bicyclic) bond motifs is 2. The van der Waals surface area contributed by atoms with Crippen molar-refractivity contribution in [3.05, 3.63) is 12.1 Å². The van der Waals surface area contributed by atoms with Crippen LogP contribution in [0.5, 0.6) is 11.5 Å². The molecule has 3 rings (SSSR count). The van der Waals surface area contributed by atoms with E-state index < -0.39 is 11.7 Å². The zero-order valence-corrected chi connectivity index (χ0v) is 16.4. The highest BCUT2D eigenvalue weighted by atomic mass is 32.1. The number of hydrogen-bond donors (Lipinski definition) is 2. The molecule has 1 aromatic carbocycles. The lowest BCUT2D eigenvalue weighted by Gasteiger charge is -2.19. The molecule has 9 heteroatoms. The van der Waals surface area contributed by atoms with Gasteiger partial charge in [0.1, 0.15) is 18.8 Å². The van der Waals surface area contributed by atoms with Crippen molar-refractivity contribution in [1.82, 2.24) is 10.3 Å². The molecule has 2 N–H and O–H groups in total. The number of nitrogens with zero attached hydrogens (tertiary/aromatic N) is 1. The SMILES string of the molecule is CC(C)(C)OC(=O)NCCCC(=O)Nc1nc2cc3c(cc2s1)OCCO3. The van der Waals surface area contributed by atoms with E-state index in [1.807, 2.05) is 12.1 Å². The van der Waals surface area contributed by atoms with Crippen LogP contribution in [0.3, 0.4) is 0 Å².